The average Bonchev–Trinajstić information content (AvgIpc) is 2.63. The molecule has 2 heterocycles. The molecule has 0 spiro atoms. The van der Waals surface area contributed by atoms with E-state index in [9.17, 15) is 0 Å². The second-order valence-electron chi connectivity index (χ2n) is 4.41. The van der Waals surface area contributed by atoms with Crippen molar-refractivity contribution in [2.75, 3.05) is 0 Å². The molecule has 0 aliphatic heterocycles. The van der Waals surface area contributed by atoms with Gasteiger partial charge in [0.05, 0.1) is 17.4 Å². The summed E-state index contributed by atoms with van der Waals surface area (Å²) >= 11 is 0. The summed E-state index contributed by atoms with van der Waals surface area (Å²) in [5.74, 6) is 0. The molecule has 1 atom stereocenters. The standard InChI is InChI=1S/C12H17N5/c1-8-4-9(2)12(14-6-8)11(13)5-10-7-17(3)16-15-10/h4,6-7,11H,5,13H2,1-3H3. The van der Waals surface area contributed by atoms with Crippen molar-refractivity contribution in [1.29, 1.82) is 0 Å². The molecule has 0 bridgehead atoms. The molecule has 0 aromatic carbocycles. The molecule has 5 heteroatoms. The molecule has 2 aromatic rings. The molecule has 1 unspecified atom stereocenters. The van der Waals surface area contributed by atoms with Crippen LogP contribution in [0.4, 0.5) is 0 Å². The van der Waals surface area contributed by atoms with Crippen LogP contribution >= 0.6 is 0 Å². The van der Waals surface area contributed by atoms with E-state index in [0.717, 1.165) is 22.5 Å². The molecular weight excluding hydrogens is 214 g/mol. The maximum Gasteiger partial charge on any atom is 0.0846 e. The van der Waals surface area contributed by atoms with Crippen molar-refractivity contribution >= 4 is 0 Å². The number of hydrogen-bond donors (Lipinski definition) is 1. The smallest absolute Gasteiger partial charge is 0.0846 e. The zero-order valence-electron chi connectivity index (χ0n) is 10.4. The van der Waals surface area contributed by atoms with E-state index in [2.05, 4.69) is 21.4 Å². The van der Waals surface area contributed by atoms with Crippen LogP contribution in [0.5, 0.6) is 0 Å². The van der Waals surface area contributed by atoms with Crippen LogP contribution in [-0.4, -0.2) is 20.0 Å². The van der Waals surface area contributed by atoms with Crippen molar-refractivity contribution in [2.24, 2.45) is 12.8 Å². The Balaban J connectivity index is 2.17. The fraction of sp³-hybridized carbons (Fsp3) is 0.417. The Morgan fingerprint density at radius 3 is 2.76 bits per heavy atom. The van der Waals surface area contributed by atoms with E-state index in [1.165, 1.54) is 0 Å². The molecule has 0 aliphatic carbocycles. The Morgan fingerprint density at radius 2 is 2.18 bits per heavy atom. The van der Waals surface area contributed by atoms with Crippen LogP contribution in [0.3, 0.4) is 0 Å². The summed E-state index contributed by atoms with van der Waals surface area (Å²) in [6.07, 6.45) is 4.38. The van der Waals surface area contributed by atoms with Crippen molar-refractivity contribution in [1.82, 2.24) is 20.0 Å². The van der Waals surface area contributed by atoms with E-state index in [1.807, 2.05) is 33.3 Å². The Kier molecular flexibility index (Phi) is 3.19. The maximum absolute atomic E-state index is 6.15. The van der Waals surface area contributed by atoms with E-state index >= 15 is 0 Å². The second-order valence-corrected chi connectivity index (χ2v) is 4.41. The highest BCUT2D eigenvalue weighted by Gasteiger charge is 2.13. The Labute approximate surface area is 101 Å². The number of pyridine rings is 1. The highest BCUT2D eigenvalue weighted by Crippen LogP contribution is 2.17. The van der Waals surface area contributed by atoms with Crippen LogP contribution in [0.2, 0.25) is 0 Å². The van der Waals surface area contributed by atoms with Gasteiger partial charge in [-0.3, -0.25) is 9.67 Å². The summed E-state index contributed by atoms with van der Waals surface area (Å²) in [5.41, 5.74) is 10.2. The lowest BCUT2D eigenvalue weighted by atomic mass is 10.0. The third-order valence-electron chi connectivity index (χ3n) is 2.69. The fourth-order valence-corrected chi connectivity index (χ4v) is 1.92. The molecule has 2 N–H and O–H groups in total. The van der Waals surface area contributed by atoms with Gasteiger partial charge < -0.3 is 5.73 Å². The normalized spacial score (nSPS) is 12.7. The molecule has 5 nitrogen and oxygen atoms in total. The van der Waals surface area contributed by atoms with Gasteiger partial charge in [0.25, 0.3) is 0 Å². The molecule has 2 rings (SSSR count). The number of aromatic nitrogens is 4. The minimum absolute atomic E-state index is 0.132. The monoisotopic (exact) mass is 231 g/mol. The van der Waals surface area contributed by atoms with E-state index < -0.39 is 0 Å². The molecule has 90 valence electrons. The van der Waals surface area contributed by atoms with Gasteiger partial charge in [-0.25, -0.2) is 0 Å². The number of rotatable bonds is 3. The van der Waals surface area contributed by atoms with E-state index in [-0.39, 0.29) is 6.04 Å². The van der Waals surface area contributed by atoms with Crippen LogP contribution in [0.15, 0.2) is 18.5 Å². The number of nitrogens with zero attached hydrogens (tertiary/aromatic N) is 4. The van der Waals surface area contributed by atoms with Crippen LogP contribution in [-0.2, 0) is 13.5 Å². The predicted octanol–water partition coefficient (Wildman–Crippen LogP) is 1.07. The van der Waals surface area contributed by atoms with Gasteiger partial charge in [-0.05, 0) is 25.0 Å². The lowest BCUT2D eigenvalue weighted by molar-refractivity contribution is 0.672. The molecule has 0 fully saturated rings. The Bertz CT molecular complexity index is 517. The maximum atomic E-state index is 6.15. The van der Waals surface area contributed by atoms with Crippen molar-refractivity contribution < 1.29 is 0 Å². The van der Waals surface area contributed by atoms with Crippen LogP contribution in [0.1, 0.15) is 28.6 Å². The lowest BCUT2D eigenvalue weighted by Crippen LogP contribution is -2.16. The largest absolute Gasteiger partial charge is 0.322 e. The highest BCUT2D eigenvalue weighted by atomic mass is 15.4. The minimum atomic E-state index is -0.132. The zero-order valence-corrected chi connectivity index (χ0v) is 10.4. The quantitative estimate of drug-likeness (QED) is 0.857. The van der Waals surface area contributed by atoms with Crippen molar-refractivity contribution in [3.8, 4) is 0 Å². The van der Waals surface area contributed by atoms with Gasteiger partial charge in [0.1, 0.15) is 0 Å². The first kappa shape index (κ1) is 11.7. The van der Waals surface area contributed by atoms with Crippen molar-refractivity contribution in [3.63, 3.8) is 0 Å². The third-order valence-corrected chi connectivity index (χ3v) is 2.69. The summed E-state index contributed by atoms with van der Waals surface area (Å²) < 4.78 is 1.68. The molecule has 0 saturated carbocycles. The SMILES string of the molecule is Cc1cnc(C(N)Cc2cn(C)nn2)c(C)c1. The second kappa shape index (κ2) is 4.63. The topological polar surface area (TPSA) is 69.6 Å². The van der Waals surface area contributed by atoms with Gasteiger partial charge in [-0.2, -0.15) is 0 Å². The van der Waals surface area contributed by atoms with Gasteiger partial charge in [-0.15, -0.1) is 5.10 Å². The highest BCUT2D eigenvalue weighted by molar-refractivity contribution is 5.26. The summed E-state index contributed by atoms with van der Waals surface area (Å²) in [5, 5.41) is 7.92. The molecule has 0 aliphatic rings. The van der Waals surface area contributed by atoms with E-state index in [4.69, 9.17) is 5.73 Å². The molecular formula is C12H17N5. The fourth-order valence-electron chi connectivity index (χ4n) is 1.92. The van der Waals surface area contributed by atoms with Crippen molar-refractivity contribution in [3.05, 3.63) is 41.0 Å². The van der Waals surface area contributed by atoms with Crippen LogP contribution in [0.25, 0.3) is 0 Å². The van der Waals surface area contributed by atoms with Gasteiger partial charge in [0.2, 0.25) is 0 Å². The van der Waals surface area contributed by atoms with Crippen molar-refractivity contribution in [2.45, 2.75) is 26.3 Å². The first-order chi connectivity index (χ1) is 8.06. The average molecular weight is 231 g/mol. The van der Waals surface area contributed by atoms with Crippen LogP contribution in [0, 0.1) is 13.8 Å². The van der Waals surface area contributed by atoms with Gasteiger partial charge in [-0.1, -0.05) is 11.3 Å². The lowest BCUT2D eigenvalue weighted by Gasteiger charge is -2.12. The number of nitrogens with two attached hydrogens (primary N) is 1. The van der Waals surface area contributed by atoms with Gasteiger partial charge in [0, 0.05) is 25.9 Å². The summed E-state index contributed by atoms with van der Waals surface area (Å²) in [6, 6.07) is 1.96. The van der Waals surface area contributed by atoms with Crippen LogP contribution < -0.4 is 5.73 Å². The van der Waals surface area contributed by atoms with E-state index in [0.29, 0.717) is 6.42 Å². The summed E-state index contributed by atoms with van der Waals surface area (Å²) in [7, 11) is 1.84. The third kappa shape index (κ3) is 2.68. The summed E-state index contributed by atoms with van der Waals surface area (Å²) in [6.45, 7) is 4.06. The molecule has 0 amide bonds. The Morgan fingerprint density at radius 1 is 1.41 bits per heavy atom. The molecule has 17 heavy (non-hydrogen) atoms. The minimum Gasteiger partial charge on any atom is -0.322 e. The number of aryl methyl sites for hydroxylation is 3. The molecule has 0 radical (unpaired) electrons. The first-order valence-electron chi connectivity index (χ1n) is 5.60. The molecule has 0 saturated heterocycles. The summed E-state index contributed by atoms with van der Waals surface area (Å²) in [4.78, 5) is 4.40. The first-order valence-corrected chi connectivity index (χ1v) is 5.60. The van der Waals surface area contributed by atoms with E-state index in [1.54, 1.807) is 4.68 Å². The molecule has 2 aromatic heterocycles. The van der Waals surface area contributed by atoms with Gasteiger partial charge in [0.15, 0.2) is 0 Å². The zero-order chi connectivity index (χ0) is 12.4. The number of hydrogen-bond acceptors (Lipinski definition) is 4. The predicted molar refractivity (Wildman–Crippen MR) is 65.3 cm³/mol. The van der Waals surface area contributed by atoms with Gasteiger partial charge >= 0.3 is 0 Å². The Hall–Kier alpha value is -1.75.